The summed E-state index contributed by atoms with van der Waals surface area (Å²) in [6.45, 7) is 18.2. The average Bonchev–Trinajstić information content (AvgIpc) is 2.49. The van der Waals surface area contributed by atoms with E-state index in [0.29, 0.717) is 0 Å². The lowest BCUT2D eigenvalue weighted by Crippen LogP contribution is -2.49. The highest BCUT2D eigenvalue weighted by molar-refractivity contribution is 4.73. The van der Waals surface area contributed by atoms with Crippen molar-refractivity contribution >= 4 is 0 Å². The van der Waals surface area contributed by atoms with Gasteiger partial charge in [0.2, 0.25) is 0 Å². The van der Waals surface area contributed by atoms with Crippen LogP contribution in [-0.2, 0) is 0 Å². The first-order chi connectivity index (χ1) is 9.69. The Morgan fingerprint density at radius 3 is 1.95 bits per heavy atom. The number of piperazine rings is 1. The van der Waals surface area contributed by atoms with Gasteiger partial charge >= 0.3 is 0 Å². The Balaban J connectivity index is 2.14. The van der Waals surface area contributed by atoms with Crippen LogP contribution < -0.4 is 5.73 Å². The number of likely N-dealkylation sites (N-methyl/N-ethyl adjacent to an activating group) is 2. The van der Waals surface area contributed by atoms with Crippen molar-refractivity contribution in [3.8, 4) is 0 Å². The van der Waals surface area contributed by atoms with Crippen molar-refractivity contribution in [2.75, 3.05) is 85.6 Å². The van der Waals surface area contributed by atoms with Crippen molar-refractivity contribution in [1.82, 2.24) is 19.6 Å². The van der Waals surface area contributed by atoms with Crippen LogP contribution in [0.25, 0.3) is 0 Å². The van der Waals surface area contributed by atoms with Crippen molar-refractivity contribution < 1.29 is 0 Å². The molecule has 0 radical (unpaired) electrons. The van der Waals surface area contributed by atoms with Crippen LogP contribution in [0.15, 0.2) is 0 Å². The maximum atomic E-state index is 5.61. The van der Waals surface area contributed by atoms with Crippen LogP contribution in [0.2, 0.25) is 0 Å². The monoisotopic (exact) mass is 285 g/mol. The Morgan fingerprint density at radius 2 is 1.45 bits per heavy atom. The van der Waals surface area contributed by atoms with Gasteiger partial charge in [0.1, 0.15) is 0 Å². The van der Waals surface area contributed by atoms with E-state index in [0.717, 1.165) is 26.2 Å². The van der Waals surface area contributed by atoms with Crippen molar-refractivity contribution in [3.63, 3.8) is 0 Å². The molecule has 0 unspecified atom stereocenters. The molecule has 0 aromatic carbocycles. The third-order valence-electron chi connectivity index (χ3n) is 4.43. The second-order valence-corrected chi connectivity index (χ2v) is 5.80. The standard InChI is InChI=1S/C15H35N5/c1-4-17(3)8-9-18(5-2)10-11-20-14-12-19(7-6-16)13-15-20/h4-16H2,1-3H3. The van der Waals surface area contributed by atoms with E-state index in [4.69, 9.17) is 5.73 Å². The summed E-state index contributed by atoms with van der Waals surface area (Å²) in [6.07, 6.45) is 0. The van der Waals surface area contributed by atoms with Gasteiger partial charge < -0.3 is 15.5 Å². The van der Waals surface area contributed by atoms with E-state index in [1.807, 2.05) is 0 Å². The topological polar surface area (TPSA) is 39.0 Å². The third kappa shape index (κ3) is 6.99. The summed E-state index contributed by atoms with van der Waals surface area (Å²) in [4.78, 5) is 10.0. The second kappa shape index (κ2) is 10.5. The molecule has 1 heterocycles. The van der Waals surface area contributed by atoms with Gasteiger partial charge in [0.05, 0.1) is 0 Å². The van der Waals surface area contributed by atoms with E-state index in [-0.39, 0.29) is 0 Å². The molecular weight excluding hydrogens is 250 g/mol. The Morgan fingerprint density at radius 1 is 0.850 bits per heavy atom. The largest absolute Gasteiger partial charge is 0.329 e. The fourth-order valence-corrected chi connectivity index (χ4v) is 2.60. The molecule has 5 nitrogen and oxygen atoms in total. The van der Waals surface area contributed by atoms with Crippen LogP contribution in [0, 0.1) is 0 Å². The molecule has 0 amide bonds. The van der Waals surface area contributed by atoms with E-state index in [2.05, 4.69) is 40.5 Å². The zero-order valence-electron chi connectivity index (χ0n) is 13.9. The highest BCUT2D eigenvalue weighted by atomic mass is 15.3. The van der Waals surface area contributed by atoms with E-state index in [1.54, 1.807) is 0 Å². The van der Waals surface area contributed by atoms with Crippen LogP contribution in [0.4, 0.5) is 0 Å². The number of hydrogen-bond acceptors (Lipinski definition) is 5. The maximum absolute atomic E-state index is 5.61. The van der Waals surface area contributed by atoms with Crippen LogP contribution in [-0.4, -0.2) is 105 Å². The van der Waals surface area contributed by atoms with Gasteiger partial charge in [-0.1, -0.05) is 13.8 Å². The van der Waals surface area contributed by atoms with Gasteiger partial charge in [-0.05, 0) is 20.1 Å². The van der Waals surface area contributed by atoms with E-state index in [9.17, 15) is 0 Å². The minimum absolute atomic E-state index is 0.786. The summed E-state index contributed by atoms with van der Waals surface area (Å²) in [7, 11) is 2.20. The number of nitrogens with two attached hydrogens (primary N) is 1. The molecule has 0 aromatic heterocycles. The molecule has 1 fully saturated rings. The summed E-state index contributed by atoms with van der Waals surface area (Å²) in [6, 6.07) is 0. The van der Waals surface area contributed by atoms with E-state index < -0.39 is 0 Å². The fourth-order valence-electron chi connectivity index (χ4n) is 2.60. The minimum Gasteiger partial charge on any atom is -0.329 e. The molecule has 0 saturated carbocycles. The molecule has 5 heteroatoms. The van der Waals surface area contributed by atoms with Crippen LogP contribution >= 0.6 is 0 Å². The first-order valence-electron chi connectivity index (χ1n) is 8.25. The maximum Gasteiger partial charge on any atom is 0.0110 e. The van der Waals surface area contributed by atoms with Crippen molar-refractivity contribution in [2.45, 2.75) is 13.8 Å². The molecule has 1 aliphatic heterocycles. The van der Waals surface area contributed by atoms with Gasteiger partial charge in [0.25, 0.3) is 0 Å². The molecule has 1 saturated heterocycles. The molecule has 0 bridgehead atoms. The van der Waals surface area contributed by atoms with Crippen molar-refractivity contribution in [3.05, 3.63) is 0 Å². The Kier molecular flexibility index (Phi) is 9.39. The molecule has 0 aliphatic carbocycles. The van der Waals surface area contributed by atoms with Gasteiger partial charge in [0, 0.05) is 65.4 Å². The minimum atomic E-state index is 0.786. The lowest BCUT2D eigenvalue weighted by Gasteiger charge is -2.35. The molecule has 0 spiro atoms. The van der Waals surface area contributed by atoms with Gasteiger partial charge in [-0.3, -0.25) is 9.80 Å². The quantitative estimate of drug-likeness (QED) is 0.604. The van der Waals surface area contributed by atoms with Gasteiger partial charge in [-0.2, -0.15) is 0 Å². The first kappa shape index (κ1) is 17.9. The molecule has 1 rings (SSSR count). The normalized spacial score (nSPS) is 18.3. The molecule has 2 N–H and O–H groups in total. The lowest BCUT2D eigenvalue weighted by atomic mass is 10.3. The molecule has 120 valence electrons. The summed E-state index contributed by atoms with van der Waals surface area (Å²) in [5.41, 5.74) is 5.61. The molecule has 20 heavy (non-hydrogen) atoms. The average molecular weight is 285 g/mol. The fraction of sp³-hybridized carbons (Fsp3) is 1.00. The zero-order valence-corrected chi connectivity index (χ0v) is 13.9. The predicted molar refractivity (Wildman–Crippen MR) is 87.2 cm³/mol. The summed E-state index contributed by atoms with van der Waals surface area (Å²) in [5, 5.41) is 0. The van der Waals surface area contributed by atoms with Crippen molar-refractivity contribution in [1.29, 1.82) is 0 Å². The Labute approximate surface area is 125 Å². The summed E-state index contributed by atoms with van der Waals surface area (Å²) >= 11 is 0. The second-order valence-electron chi connectivity index (χ2n) is 5.80. The summed E-state index contributed by atoms with van der Waals surface area (Å²) < 4.78 is 0. The highest BCUT2D eigenvalue weighted by Crippen LogP contribution is 2.01. The van der Waals surface area contributed by atoms with Gasteiger partial charge in [-0.25, -0.2) is 0 Å². The molecule has 1 aliphatic rings. The predicted octanol–water partition coefficient (Wildman–Crippen LogP) is -0.164. The number of hydrogen-bond donors (Lipinski definition) is 1. The number of rotatable bonds is 10. The molecular formula is C15H35N5. The summed E-state index contributed by atoms with van der Waals surface area (Å²) in [5.74, 6) is 0. The highest BCUT2D eigenvalue weighted by Gasteiger charge is 2.16. The van der Waals surface area contributed by atoms with Gasteiger partial charge in [-0.15, -0.1) is 0 Å². The van der Waals surface area contributed by atoms with Crippen LogP contribution in [0.3, 0.4) is 0 Å². The van der Waals surface area contributed by atoms with Crippen LogP contribution in [0.1, 0.15) is 13.8 Å². The lowest BCUT2D eigenvalue weighted by molar-refractivity contribution is 0.119. The zero-order chi connectivity index (χ0) is 14.8. The van der Waals surface area contributed by atoms with Crippen molar-refractivity contribution in [2.24, 2.45) is 5.73 Å². The first-order valence-corrected chi connectivity index (χ1v) is 8.25. The van der Waals surface area contributed by atoms with E-state index >= 15 is 0 Å². The Bertz CT molecular complexity index is 228. The molecule has 0 atom stereocenters. The van der Waals surface area contributed by atoms with Crippen LogP contribution in [0.5, 0.6) is 0 Å². The number of nitrogens with zero attached hydrogens (tertiary/aromatic N) is 4. The molecule has 0 aromatic rings. The SMILES string of the molecule is CCN(C)CCN(CC)CCN1CCN(CCN)CC1. The van der Waals surface area contributed by atoms with E-state index in [1.165, 1.54) is 52.4 Å². The van der Waals surface area contributed by atoms with Gasteiger partial charge in [0.15, 0.2) is 0 Å². The Hall–Kier alpha value is -0.200. The smallest absolute Gasteiger partial charge is 0.0110 e. The third-order valence-corrected chi connectivity index (χ3v) is 4.43.